The molecule has 2 aromatic rings. The molecule has 2 aliphatic heterocycles. The van der Waals surface area contributed by atoms with Gasteiger partial charge in [-0.25, -0.2) is 4.98 Å². The van der Waals surface area contributed by atoms with Crippen molar-refractivity contribution in [1.82, 2.24) is 9.55 Å². The molecular weight excluding hydrogens is 576 g/mol. The fraction of sp³-hybridized carbons (Fsp3) is 0.545. The molecule has 0 spiro atoms. The van der Waals surface area contributed by atoms with Gasteiger partial charge in [0.05, 0.1) is 39.6 Å². The third-order valence-electron chi connectivity index (χ3n) is 5.21. The molecule has 4 rings (SSSR count). The number of anilines is 2. The van der Waals surface area contributed by atoms with Crippen molar-refractivity contribution >= 4 is 43.2 Å². The second-order valence-electron chi connectivity index (χ2n) is 7.51. The molecule has 2 aromatic heterocycles. The number of halogens is 2. The maximum atomic E-state index is 12.2. The molecule has 34 heavy (non-hydrogen) atoms. The number of rotatable bonds is 7. The topological polar surface area (TPSA) is 110 Å². The SMILES string of the molecule is O=c1c(N2CCOCC2)cc(Br)cn1CCO.OCCOc1ncc(Br)cc1N1CCOCC1. The van der Waals surface area contributed by atoms with Crippen LogP contribution < -0.4 is 20.1 Å². The predicted octanol–water partition coefficient (Wildman–Crippen LogP) is 1.49. The summed E-state index contributed by atoms with van der Waals surface area (Å²) in [4.78, 5) is 20.6. The number of morpholine rings is 2. The van der Waals surface area contributed by atoms with Crippen molar-refractivity contribution in [2.45, 2.75) is 6.54 Å². The van der Waals surface area contributed by atoms with Crippen LogP contribution in [-0.2, 0) is 16.0 Å². The van der Waals surface area contributed by atoms with Crippen LogP contribution in [0.1, 0.15) is 0 Å². The molecule has 4 heterocycles. The number of ether oxygens (including phenoxy) is 3. The zero-order valence-electron chi connectivity index (χ0n) is 18.9. The molecule has 0 unspecified atom stereocenters. The molecular formula is C22H30Br2N4O6. The fourth-order valence-corrected chi connectivity index (χ4v) is 4.37. The van der Waals surface area contributed by atoms with Crippen LogP contribution in [0.25, 0.3) is 0 Å². The summed E-state index contributed by atoms with van der Waals surface area (Å²) in [5.74, 6) is 0.559. The highest BCUT2D eigenvalue weighted by atomic mass is 79.9. The summed E-state index contributed by atoms with van der Waals surface area (Å²) in [5.41, 5.74) is 1.54. The van der Waals surface area contributed by atoms with Crippen molar-refractivity contribution in [2.24, 2.45) is 0 Å². The van der Waals surface area contributed by atoms with Crippen LogP contribution in [0.2, 0.25) is 0 Å². The van der Waals surface area contributed by atoms with Crippen molar-refractivity contribution < 1.29 is 24.4 Å². The standard InChI is InChI=1S/2C11H15BrN2O3/c12-9-7-10(14-1-4-16-5-2-14)11(13-8-9)17-6-3-15;12-9-7-10(13-2-5-17-6-3-13)11(16)14(8-9)1-4-15/h2*7-8,15H,1-6H2. The van der Waals surface area contributed by atoms with E-state index >= 15 is 0 Å². The number of pyridine rings is 2. The predicted molar refractivity (Wildman–Crippen MR) is 136 cm³/mol. The highest BCUT2D eigenvalue weighted by Crippen LogP contribution is 2.29. The van der Waals surface area contributed by atoms with E-state index in [0.29, 0.717) is 44.5 Å². The van der Waals surface area contributed by atoms with E-state index in [1.165, 1.54) is 4.57 Å². The van der Waals surface area contributed by atoms with Gasteiger partial charge in [0.1, 0.15) is 18.0 Å². The second-order valence-corrected chi connectivity index (χ2v) is 9.35. The van der Waals surface area contributed by atoms with Gasteiger partial charge in [-0.05, 0) is 44.0 Å². The number of hydrogen-bond acceptors (Lipinski definition) is 9. The number of hydrogen-bond donors (Lipinski definition) is 2. The fourth-order valence-electron chi connectivity index (χ4n) is 3.59. The van der Waals surface area contributed by atoms with Crippen molar-refractivity contribution in [3.63, 3.8) is 0 Å². The van der Waals surface area contributed by atoms with Crippen molar-refractivity contribution in [3.05, 3.63) is 43.8 Å². The van der Waals surface area contributed by atoms with Gasteiger partial charge in [0.15, 0.2) is 0 Å². The molecule has 0 saturated carbocycles. The van der Waals surface area contributed by atoms with E-state index in [-0.39, 0.29) is 25.4 Å². The molecule has 0 aromatic carbocycles. The average Bonchev–Trinajstić information content (AvgIpc) is 2.87. The molecule has 2 N–H and O–H groups in total. The van der Waals surface area contributed by atoms with Gasteiger partial charge in [0.25, 0.3) is 5.56 Å². The first-order chi connectivity index (χ1) is 16.5. The molecule has 2 aliphatic rings. The normalized spacial score (nSPS) is 16.1. The lowest BCUT2D eigenvalue weighted by atomic mass is 10.3. The zero-order valence-corrected chi connectivity index (χ0v) is 22.0. The Kier molecular flexibility index (Phi) is 11.1. The van der Waals surface area contributed by atoms with Crippen LogP contribution in [0.4, 0.5) is 11.4 Å². The summed E-state index contributed by atoms with van der Waals surface area (Å²) in [6, 6.07) is 3.80. The molecule has 12 heteroatoms. The maximum absolute atomic E-state index is 12.2. The minimum Gasteiger partial charge on any atom is -0.474 e. The average molecular weight is 606 g/mol. The summed E-state index contributed by atoms with van der Waals surface area (Å²) >= 11 is 6.79. The Balaban J connectivity index is 0.000000191. The smallest absolute Gasteiger partial charge is 0.274 e. The number of nitrogens with zero attached hydrogens (tertiary/aromatic N) is 4. The Bertz CT molecular complexity index is 965. The van der Waals surface area contributed by atoms with Gasteiger partial charge in [0, 0.05) is 54.1 Å². The first kappa shape index (κ1) is 26.9. The molecule has 188 valence electrons. The van der Waals surface area contributed by atoms with Gasteiger partial charge in [-0.1, -0.05) is 0 Å². The summed E-state index contributed by atoms with van der Waals surface area (Å²) in [6.45, 7) is 6.34. The van der Waals surface area contributed by atoms with E-state index in [2.05, 4.69) is 41.7 Å². The Morgan fingerprint density at radius 2 is 1.50 bits per heavy atom. The van der Waals surface area contributed by atoms with Crippen molar-refractivity contribution in [1.29, 1.82) is 0 Å². The van der Waals surface area contributed by atoms with E-state index in [0.717, 1.165) is 40.8 Å². The highest BCUT2D eigenvalue weighted by Gasteiger charge is 2.18. The van der Waals surface area contributed by atoms with E-state index in [1.54, 1.807) is 12.4 Å². The van der Waals surface area contributed by atoms with Crippen molar-refractivity contribution in [2.75, 3.05) is 82.2 Å². The lowest BCUT2D eigenvalue weighted by Crippen LogP contribution is -2.40. The second kappa shape index (κ2) is 14.0. The monoisotopic (exact) mass is 604 g/mol. The Morgan fingerprint density at radius 3 is 2.09 bits per heavy atom. The summed E-state index contributed by atoms with van der Waals surface area (Å²) < 4.78 is 19.3. The number of aromatic nitrogens is 2. The van der Waals surface area contributed by atoms with E-state index in [4.69, 9.17) is 24.4 Å². The van der Waals surface area contributed by atoms with Crippen LogP contribution >= 0.6 is 31.9 Å². The van der Waals surface area contributed by atoms with E-state index in [1.807, 2.05) is 17.0 Å². The van der Waals surface area contributed by atoms with Gasteiger partial charge in [-0.2, -0.15) is 0 Å². The first-order valence-corrected chi connectivity index (χ1v) is 12.7. The number of aliphatic hydroxyl groups excluding tert-OH is 2. The molecule has 0 amide bonds. The first-order valence-electron chi connectivity index (χ1n) is 11.1. The summed E-state index contributed by atoms with van der Waals surface area (Å²) in [5, 5.41) is 17.7. The quantitative estimate of drug-likeness (QED) is 0.485. The van der Waals surface area contributed by atoms with Crippen LogP contribution in [0.5, 0.6) is 5.88 Å². The highest BCUT2D eigenvalue weighted by molar-refractivity contribution is 9.10. The van der Waals surface area contributed by atoms with Crippen LogP contribution in [0, 0.1) is 0 Å². The molecule has 0 atom stereocenters. The van der Waals surface area contributed by atoms with Gasteiger partial charge in [-0.3, -0.25) is 4.79 Å². The molecule has 0 radical (unpaired) electrons. The summed E-state index contributed by atoms with van der Waals surface area (Å²) in [6.07, 6.45) is 3.39. The van der Waals surface area contributed by atoms with Crippen LogP contribution in [-0.4, -0.2) is 92.2 Å². The van der Waals surface area contributed by atoms with Gasteiger partial charge < -0.3 is 38.8 Å². The molecule has 0 bridgehead atoms. The Labute approximate surface area is 215 Å². The minimum absolute atomic E-state index is 0.0136. The molecule has 2 fully saturated rings. The van der Waals surface area contributed by atoms with E-state index in [9.17, 15) is 4.79 Å². The van der Waals surface area contributed by atoms with Crippen LogP contribution in [0.3, 0.4) is 0 Å². The van der Waals surface area contributed by atoms with Crippen LogP contribution in [0.15, 0.2) is 38.3 Å². The Morgan fingerprint density at radius 1 is 0.912 bits per heavy atom. The van der Waals surface area contributed by atoms with Crippen molar-refractivity contribution in [3.8, 4) is 5.88 Å². The minimum atomic E-state index is -0.0656. The third kappa shape index (κ3) is 7.65. The van der Waals surface area contributed by atoms with Gasteiger partial charge in [0.2, 0.25) is 5.88 Å². The van der Waals surface area contributed by atoms with Gasteiger partial charge in [-0.15, -0.1) is 0 Å². The molecule has 10 nitrogen and oxygen atoms in total. The summed E-state index contributed by atoms with van der Waals surface area (Å²) in [7, 11) is 0. The third-order valence-corrected chi connectivity index (χ3v) is 6.07. The lowest BCUT2D eigenvalue weighted by Gasteiger charge is -2.29. The van der Waals surface area contributed by atoms with Gasteiger partial charge >= 0.3 is 0 Å². The molecule has 0 aliphatic carbocycles. The lowest BCUT2D eigenvalue weighted by molar-refractivity contribution is 0.122. The largest absolute Gasteiger partial charge is 0.474 e. The maximum Gasteiger partial charge on any atom is 0.274 e. The Hall–Kier alpha value is -1.70. The molecule has 2 saturated heterocycles. The zero-order chi connectivity index (χ0) is 24.3. The number of aliphatic hydroxyl groups is 2. The van der Waals surface area contributed by atoms with E-state index < -0.39 is 0 Å².